The van der Waals surface area contributed by atoms with Gasteiger partial charge in [0.05, 0.1) is 15.8 Å². The number of carbonyl (C=O) groups is 1. The van der Waals surface area contributed by atoms with Gasteiger partial charge in [-0.15, -0.1) is 0 Å². The van der Waals surface area contributed by atoms with Gasteiger partial charge in [0.1, 0.15) is 23.2 Å². The number of benzene rings is 2. The molecule has 0 spiro atoms. The van der Waals surface area contributed by atoms with Gasteiger partial charge in [-0.2, -0.15) is 5.26 Å². The van der Waals surface area contributed by atoms with Crippen LogP contribution >= 0.6 is 15.9 Å². The maximum absolute atomic E-state index is 12.6. The quantitative estimate of drug-likeness (QED) is 0.581. The average molecular weight is 398 g/mol. The highest BCUT2D eigenvalue weighted by molar-refractivity contribution is 9.10. The zero-order valence-electron chi connectivity index (χ0n) is 13.9. The van der Waals surface area contributed by atoms with Crippen LogP contribution in [0.2, 0.25) is 0 Å². The number of Topliss-reactive ketones (excluding diaryl/α,β-unsaturated/α-hetero) is 1. The van der Waals surface area contributed by atoms with Crippen molar-refractivity contribution in [3.8, 4) is 11.8 Å². The van der Waals surface area contributed by atoms with Crippen LogP contribution in [0, 0.1) is 11.3 Å². The number of rotatable bonds is 4. The summed E-state index contributed by atoms with van der Waals surface area (Å²) < 4.78 is 6.33. The molecule has 1 aliphatic heterocycles. The number of nitrogens with zero attached hydrogens (tertiary/aromatic N) is 3. The summed E-state index contributed by atoms with van der Waals surface area (Å²) in [6.07, 6.45) is 0. The summed E-state index contributed by atoms with van der Waals surface area (Å²) in [4.78, 5) is 16.3. The van der Waals surface area contributed by atoms with E-state index in [0.29, 0.717) is 11.6 Å². The molecule has 1 aliphatic rings. The molecule has 126 valence electrons. The molecule has 0 fully saturated rings. The Balaban J connectivity index is 1.87. The van der Waals surface area contributed by atoms with Gasteiger partial charge in [0.15, 0.2) is 6.61 Å². The summed E-state index contributed by atoms with van der Waals surface area (Å²) in [5, 5.41) is 9.58. The highest BCUT2D eigenvalue weighted by atomic mass is 79.9. The van der Waals surface area contributed by atoms with Crippen molar-refractivity contribution < 1.29 is 9.53 Å². The number of ether oxygens (including phenoxy) is 1. The minimum absolute atomic E-state index is 0.0771. The molecule has 25 heavy (non-hydrogen) atoms. The Morgan fingerprint density at radius 2 is 1.64 bits per heavy atom. The molecular weight excluding hydrogens is 382 g/mol. The highest BCUT2D eigenvalue weighted by Gasteiger charge is 2.31. The van der Waals surface area contributed by atoms with Crippen molar-refractivity contribution in [3.63, 3.8) is 0 Å². The summed E-state index contributed by atoms with van der Waals surface area (Å²) in [5.41, 5.74) is 1.98. The number of ketones is 1. The summed E-state index contributed by atoms with van der Waals surface area (Å²) >= 11 is 3.38. The minimum atomic E-state index is -0.361. The van der Waals surface area contributed by atoms with Crippen molar-refractivity contribution in [1.29, 1.82) is 5.26 Å². The van der Waals surface area contributed by atoms with Crippen molar-refractivity contribution in [2.75, 3.05) is 30.5 Å². The van der Waals surface area contributed by atoms with Gasteiger partial charge in [-0.1, -0.05) is 24.3 Å². The largest absolute Gasteiger partial charge is 0.484 e. The number of para-hydroxylation sites is 3. The molecule has 1 heterocycles. The van der Waals surface area contributed by atoms with E-state index in [1.54, 1.807) is 6.07 Å². The van der Waals surface area contributed by atoms with Gasteiger partial charge in [0.2, 0.25) is 5.78 Å². The van der Waals surface area contributed by atoms with Crippen molar-refractivity contribution in [2.24, 2.45) is 0 Å². The van der Waals surface area contributed by atoms with E-state index in [-0.39, 0.29) is 18.0 Å². The predicted octanol–water partition coefficient (Wildman–Crippen LogP) is 3.72. The third-order valence-corrected chi connectivity index (χ3v) is 4.70. The first-order valence-corrected chi connectivity index (χ1v) is 8.45. The molecule has 2 aromatic carbocycles. The van der Waals surface area contributed by atoms with Gasteiger partial charge < -0.3 is 14.5 Å². The average Bonchev–Trinajstić information content (AvgIpc) is 2.87. The Labute approximate surface area is 154 Å². The van der Waals surface area contributed by atoms with Crippen molar-refractivity contribution in [3.05, 3.63) is 64.4 Å². The van der Waals surface area contributed by atoms with Crippen molar-refractivity contribution in [1.82, 2.24) is 0 Å². The van der Waals surface area contributed by atoms with Gasteiger partial charge >= 0.3 is 0 Å². The Bertz CT molecular complexity index is 871. The molecule has 0 radical (unpaired) electrons. The summed E-state index contributed by atoms with van der Waals surface area (Å²) in [6, 6.07) is 17.1. The van der Waals surface area contributed by atoms with Crippen LogP contribution in [0.5, 0.6) is 5.75 Å². The minimum Gasteiger partial charge on any atom is -0.484 e. The fourth-order valence-corrected chi connectivity index (χ4v) is 3.23. The fourth-order valence-electron chi connectivity index (χ4n) is 2.83. The lowest BCUT2D eigenvalue weighted by Gasteiger charge is -2.20. The van der Waals surface area contributed by atoms with E-state index in [1.165, 1.54) is 0 Å². The number of halogens is 1. The zero-order valence-corrected chi connectivity index (χ0v) is 15.4. The van der Waals surface area contributed by atoms with Gasteiger partial charge in [-0.25, -0.2) is 0 Å². The van der Waals surface area contributed by atoms with Crippen LogP contribution < -0.4 is 14.5 Å². The smallest absolute Gasteiger partial charge is 0.214 e. The van der Waals surface area contributed by atoms with E-state index < -0.39 is 0 Å². The predicted molar refractivity (Wildman–Crippen MR) is 101 cm³/mol. The monoisotopic (exact) mass is 397 g/mol. The van der Waals surface area contributed by atoms with Gasteiger partial charge in [-0.05, 0) is 40.2 Å². The second kappa shape index (κ2) is 6.99. The molecule has 0 N–H and O–H groups in total. The first-order chi connectivity index (χ1) is 12.0. The maximum atomic E-state index is 12.6. The number of carbonyl (C=O) groups excluding carboxylic acids is 1. The Morgan fingerprint density at radius 3 is 2.20 bits per heavy atom. The van der Waals surface area contributed by atoms with Crippen LogP contribution in [0.4, 0.5) is 11.4 Å². The SMILES string of the molecule is CN1C(=C(C#N)C(=O)COc2ccccc2Br)N(C)c2ccccc21. The number of nitriles is 1. The third kappa shape index (κ3) is 3.11. The molecule has 2 aromatic rings. The molecule has 5 nitrogen and oxygen atoms in total. The highest BCUT2D eigenvalue weighted by Crippen LogP contribution is 2.40. The standard InChI is InChI=1S/C19H16BrN3O2/c1-22-15-8-4-5-9-16(15)23(2)19(22)13(11-21)17(24)12-25-18-10-6-3-7-14(18)20/h3-10H,12H2,1-2H3. The fraction of sp³-hybridized carbons (Fsp3) is 0.158. The molecule has 0 saturated carbocycles. The first kappa shape index (κ1) is 17.1. The number of anilines is 2. The van der Waals surface area contributed by atoms with E-state index >= 15 is 0 Å². The molecule has 0 aliphatic carbocycles. The summed E-state index contributed by atoms with van der Waals surface area (Å²) in [7, 11) is 3.69. The Kier molecular flexibility index (Phi) is 4.77. The van der Waals surface area contributed by atoms with Crippen LogP contribution in [0.15, 0.2) is 64.4 Å². The van der Waals surface area contributed by atoms with Crippen LogP contribution in [-0.4, -0.2) is 26.5 Å². The molecule has 0 unspecified atom stereocenters. The molecule has 6 heteroatoms. The normalized spacial score (nSPS) is 12.6. The molecular formula is C19H16BrN3O2. The van der Waals surface area contributed by atoms with Crippen molar-refractivity contribution >= 4 is 33.1 Å². The molecule has 0 aromatic heterocycles. The van der Waals surface area contributed by atoms with Gasteiger partial charge in [0, 0.05) is 14.1 Å². The lowest BCUT2D eigenvalue weighted by molar-refractivity contribution is -0.117. The van der Waals surface area contributed by atoms with Gasteiger partial charge in [-0.3, -0.25) is 4.79 Å². The Morgan fingerprint density at radius 1 is 1.08 bits per heavy atom. The second-order valence-electron chi connectivity index (χ2n) is 5.56. The number of fused-ring (bicyclic) bond motifs is 1. The van der Waals surface area contributed by atoms with E-state index in [1.807, 2.05) is 72.4 Å². The summed E-state index contributed by atoms with van der Waals surface area (Å²) in [5.74, 6) is 0.763. The summed E-state index contributed by atoms with van der Waals surface area (Å²) in [6.45, 7) is -0.201. The molecule has 3 rings (SSSR count). The van der Waals surface area contributed by atoms with E-state index in [0.717, 1.165) is 15.8 Å². The van der Waals surface area contributed by atoms with E-state index in [2.05, 4.69) is 15.9 Å². The molecule has 0 amide bonds. The molecule has 0 bridgehead atoms. The van der Waals surface area contributed by atoms with Gasteiger partial charge in [0.25, 0.3) is 0 Å². The number of hydrogen-bond acceptors (Lipinski definition) is 5. The third-order valence-electron chi connectivity index (χ3n) is 4.05. The topological polar surface area (TPSA) is 56.6 Å². The zero-order chi connectivity index (χ0) is 18.0. The number of hydrogen-bond donors (Lipinski definition) is 0. The van der Waals surface area contributed by atoms with E-state index in [4.69, 9.17) is 4.74 Å². The molecule has 0 atom stereocenters. The van der Waals surface area contributed by atoms with Crippen LogP contribution in [0.3, 0.4) is 0 Å². The van der Waals surface area contributed by atoms with Crippen molar-refractivity contribution in [2.45, 2.75) is 0 Å². The second-order valence-corrected chi connectivity index (χ2v) is 6.41. The van der Waals surface area contributed by atoms with Crippen LogP contribution in [0.25, 0.3) is 0 Å². The Hall–Kier alpha value is -2.78. The molecule has 0 saturated heterocycles. The lowest BCUT2D eigenvalue weighted by atomic mass is 10.2. The lowest BCUT2D eigenvalue weighted by Crippen LogP contribution is -2.27. The van der Waals surface area contributed by atoms with Crippen LogP contribution in [-0.2, 0) is 4.79 Å². The van der Waals surface area contributed by atoms with E-state index in [9.17, 15) is 10.1 Å². The van der Waals surface area contributed by atoms with Crippen LogP contribution in [0.1, 0.15) is 0 Å². The first-order valence-electron chi connectivity index (χ1n) is 7.66. The maximum Gasteiger partial charge on any atom is 0.214 e.